The van der Waals surface area contributed by atoms with E-state index in [1.54, 1.807) is 30.1 Å². The first kappa shape index (κ1) is 23.3. The Morgan fingerprint density at radius 3 is 2.35 bits per heavy atom. The van der Waals surface area contributed by atoms with E-state index in [0.29, 0.717) is 28.6 Å². The summed E-state index contributed by atoms with van der Waals surface area (Å²) >= 11 is 5.89. The molecule has 1 heterocycles. The molecule has 8 heteroatoms. The number of nitriles is 1. The third-order valence-electron chi connectivity index (χ3n) is 5.15. The molecule has 0 aliphatic carbocycles. The normalized spacial score (nSPS) is 11.7. The quantitative estimate of drug-likeness (QED) is 0.315. The van der Waals surface area contributed by atoms with Crippen molar-refractivity contribution in [2.45, 2.75) is 11.4 Å². The Morgan fingerprint density at radius 2 is 1.74 bits per heavy atom. The van der Waals surface area contributed by atoms with Gasteiger partial charge in [0.1, 0.15) is 16.7 Å². The van der Waals surface area contributed by atoms with Gasteiger partial charge < -0.3 is 4.74 Å². The van der Waals surface area contributed by atoms with Crippen molar-refractivity contribution >= 4 is 27.5 Å². The Hall–Kier alpha value is -3.86. The highest BCUT2D eigenvalue weighted by Gasteiger charge is 2.22. The minimum absolute atomic E-state index is 0.00706. The van der Waals surface area contributed by atoms with Gasteiger partial charge in [0.2, 0.25) is 9.84 Å². The zero-order valence-corrected chi connectivity index (χ0v) is 19.8. The van der Waals surface area contributed by atoms with Crippen LogP contribution in [0.5, 0.6) is 5.75 Å². The number of allylic oxidation sites excluding steroid dienone is 1. The van der Waals surface area contributed by atoms with Gasteiger partial charge in [-0.25, -0.2) is 8.42 Å². The highest BCUT2D eigenvalue weighted by atomic mass is 35.5. The molecule has 0 saturated heterocycles. The minimum atomic E-state index is -4.04. The molecular weight excluding hydrogens is 470 g/mol. The lowest BCUT2D eigenvalue weighted by Gasteiger charge is -2.04. The highest BCUT2D eigenvalue weighted by Crippen LogP contribution is 2.29. The minimum Gasteiger partial charge on any atom is -0.497 e. The van der Waals surface area contributed by atoms with Gasteiger partial charge in [0, 0.05) is 22.3 Å². The SMILES string of the molecule is COc1ccc(-c2nn(Cc3ccccc3)cc2/C=C(\C#N)S(=O)(=O)c2ccc(Cl)cc2)cc1. The third-order valence-corrected chi connectivity index (χ3v) is 7.08. The van der Waals surface area contributed by atoms with E-state index < -0.39 is 9.84 Å². The summed E-state index contributed by atoms with van der Waals surface area (Å²) in [7, 11) is -2.46. The Morgan fingerprint density at radius 1 is 1.06 bits per heavy atom. The van der Waals surface area contributed by atoms with Crippen molar-refractivity contribution in [2.24, 2.45) is 0 Å². The Balaban J connectivity index is 1.81. The highest BCUT2D eigenvalue weighted by molar-refractivity contribution is 7.95. The molecule has 0 unspecified atom stereocenters. The van der Waals surface area contributed by atoms with Crippen LogP contribution in [-0.2, 0) is 16.4 Å². The van der Waals surface area contributed by atoms with Crippen molar-refractivity contribution in [3.63, 3.8) is 0 Å². The smallest absolute Gasteiger partial charge is 0.216 e. The predicted molar refractivity (Wildman–Crippen MR) is 132 cm³/mol. The van der Waals surface area contributed by atoms with Crippen LogP contribution in [0.2, 0.25) is 5.02 Å². The molecule has 170 valence electrons. The van der Waals surface area contributed by atoms with E-state index in [1.807, 2.05) is 48.5 Å². The molecule has 0 N–H and O–H groups in total. The summed E-state index contributed by atoms with van der Waals surface area (Å²) in [5.41, 5.74) is 2.86. The average molecular weight is 490 g/mol. The third kappa shape index (κ3) is 5.04. The zero-order valence-electron chi connectivity index (χ0n) is 18.2. The first-order valence-electron chi connectivity index (χ1n) is 10.3. The molecule has 0 radical (unpaired) electrons. The van der Waals surface area contributed by atoms with Crippen molar-refractivity contribution in [3.8, 4) is 23.1 Å². The molecule has 0 aliphatic rings. The molecule has 6 nitrogen and oxygen atoms in total. The van der Waals surface area contributed by atoms with E-state index >= 15 is 0 Å². The molecule has 0 bridgehead atoms. The fourth-order valence-electron chi connectivity index (χ4n) is 3.42. The number of methoxy groups -OCH3 is 1. The molecule has 1 aromatic heterocycles. The van der Waals surface area contributed by atoms with Crippen LogP contribution in [0, 0.1) is 11.3 Å². The second kappa shape index (κ2) is 9.96. The maximum Gasteiger partial charge on any atom is 0.216 e. The largest absolute Gasteiger partial charge is 0.497 e. The van der Waals surface area contributed by atoms with E-state index in [0.717, 1.165) is 11.1 Å². The molecule has 0 fully saturated rings. The van der Waals surface area contributed by atoms with Gasteiger partial charge in [-0.2, -0.15) is 10.4 Å². The van der Waals surface area contributed by atoms with E-state index in [-0.39, 0.29) is 9.80 Å². The Labute approximate surface area is 203 Å². The summed E-state index contributed by atoms with van der Waals surface area (Å²) in [4.78, 5) is -0.392. The number of sulfone groups is 1. The Bertz CT molecular complexity index is 1470. The standard InChI is InChI=1S/C26H20ClN3O3S/c1-33-23-11-7-20(8-12-23)26-21(18-30(29-26)17-19-5-3-2-4-6-19)15-25(16-28)34(31,32)24-13-9-22(27)10-14-24/h2-15,18H,17H2,1H3/b25-15+. The summed E-state index contributed by atoms with van der Waals surface area (Å²) < 4.78 is 33.2. The molecule has 3 aromatic carbocycles. The van der Waals surface area contributed by atoms with E-state index in [4.69, 9.17) is 21.4 Å². The average Bonchev–Trinajstić information content (AvgIpc) is 3.25. The van der Waals surface area contributed by atoms with Crippen molar-refractivity contribution < 1.29 is 13.2 Å². The molecule has 4 rings (SSSR count). The zero-order chi connectivity index (χ0) is 24.1. The first-order valence-corrected chi connectivity index (χ1v) is 12.1. The predicted octanol–water partition coefficient (Wildman–Crippen LogP) is 5.60. The molecule has 0 atom stereocenters. The van der Waals surface area contributed by atoms with Crippen molar-refractivity contribution in [1.29, 1.82) is 5.26 Å². The van der Waals surface area contributed by atoms with Gasteiger partial charge in [-0.1, -0.05) is 41.9 Å². The maximum absolute atomic E-state index is 13.1. The lowest BCUT2D eigenvalue weighted by atomic mass is 10.1. The van der Waals surface area contributed by atoms with Crippen LogP contribution in [0.4, 0.5) is 0 Å². The van der Waals surface area contributed by atoms with Gasteiger partial charge >= 0.3 is 0 Å². The number of aromatic nitrogens is 2. The Kier molecular flexibility index (Phi) is 6.82. The van der Waals surface area contributed by atoms with Gasteiger partial charge in [-0.15, -0.1) is 0 Å². The number of hydrogen-bond donors (Lipinski definition) is 0. The van der Waals surface area contributed by atoms with Crippen LogP contribution < -0.4 is 4.74 Å². The summed E-state index contributed by atoms with van der Waals surface area (Å²) in [6.07, 6.45) is 3.10. The fraction of sp³-hybridized carbons (Fsp3) is 0.0769. The molecular formula is C26H20ClN3O3S. The molecule has 0 saturated carbocycles. The lowest BCUT2D eigenvalue weighted by Crippen LogP contribution is -2.03. The van der Waals surface area contributed by atoms with Crippen molar-refractivity contribution in [3.05, 3.63) is 106 Å². The van der Waals surface area contributed by atoms with Crippen LogP contribution in [-0.4, -0.2) is 25.3 Å². The molecule has 4 aromatic rings. The van der Waals surface area contributed by atoms with Gasteiger partial charge in [0.25, 0.3) is 0 Å². The molecule has 0 spiro atoms. The number of hydrogen-bond acceptors (Lipinski definition) is 5. The van der Waals surface area contributed by atoms with Crippen LogP contribution >= 0.6 is 11.6 Å². The topological polar surface area (TPSA) is 85.0 Å². The van der Waals surface area contributed by atoms with E-state index in [1.165, 1.54) is 30.3 Å². The second-order valence-corrected chi connectivity index (χ2v) is 9.78. The second-order valence-electron chi connectivity index (χ2n) is 7.42. The van der Waals surface area contributed by atoms with E-state index in [9.17, 15) is 13.7 Å². The number of benzene rings is 3. The van der Waals surface area contributed by atoms with E-state index in [2.05, 4.69) is 0 Å². The van der Waals surface area contributed by atoms with Crippen LogP contribution in [0.15, 0.2) is 94.9 Å². The first-order chi connectivity index (χ1) is 16.4. The van der Waals surface area contributed by atoms with Crippen LogP contribution in [0.25, 0.3) is 17.3 Å². The number of ether oxygens (including phenoxy) is 1. The maximum atomic E-state index is 13.1. The van der Waals surface area contributed by atoms with Crippen LogP contribution in [0.1, 0.15) is 11.1 Å². The van der Waals surface area contributed by atoms with Gasteiger partial charge in [-0.3, -0.25) is 4.68 Å². The summed E-state index contributed by atoms with van der Waals surface area (Å²) in [5, 5.41) is 14.8. The molecule has 34 heavy (non-hydrogen) atoms. The fourth-order valence-corrected chi connectivity index (χ4v) is 4.70. The van der Waals surface area contributed by atoms with Crippen LogP contribution in [0.3, 0.4) is 0 Å². The molecule has 0 aliphatic heterocycles. The van der Waals surface area contributed by atoms with Gasteiger partial charge in [0.15, 0.2) is 0 Å². The van der Waals surface area contributed by atoms with Gasteiger partial charge in [-0.05, 0) is 60.2 Å². The summed E-state index contributed by atoms with van der Waals surface area (Å²) in [6.45, 7) is 0.490. The number of rotatable bonds is 7. The summed E-state index contributed by atoms with van der Waals surface area (Å²) in [5.74, 6) is 0.688. The van der Waals surface area contributed by atoms with Gasteiger partial charge in [0.05, 0.1) is 24.2 Å². The van der Waals surface area contributed by atoms with Crippen molar-refractivity contribution in [1.82, 2.24) is 9.78 Å². The monoisotopic (exact) mass is 489 g/mol. The lowest BCUT2D eigenvalue weighted by molar-refractivity contribution is 0.415. The summed E-state index contributed by atoms with van der Waals surface area (Å²) in [6, 6.07) is 24.6. The van der Waals surface area contributed by atoms with Crippen molar-refractivity contribution in [2.75, 3.05) is 7.11 Å². The molecule has 0 amide bonds. The number of nitrogens with zero attached hydrogens (tertiary/aromatic N) is 3. The number of halogens is 1.